The first-order valence-corrected chi connectivity index (χ1v) is 8.25. The summed E-state index contributed by atoms with van der Waals surface area (Å²) in [5, 5.41) is 0. The highest BCUT2D eigenvalue weighted by Crippen LogP contribution is 2.40. The summed E-state index contributed by atoms with van der Waals surface area (Å²) < 4.78 is 0. The standard InChI is InChI=1S/C17H36N2/c1-7-10-19(13(2)3)12-14-11-15(17(4,5)6)8-9-16(14)18/h13-16H,7-12,18H2,1-6H3. The molecule has 0 amide bonds. The molecule has 0 aromatic rings. The lowest BCUT2D eigenvalue weighted by atomic mass is 9.67. The van der Waals surface area contributed by atoms with Gasteiger partial charge in [-0.05, 0) is 63.3 Å². The van der Waals surface area contributed by atoms with E-state index in [-0.39, 0.29) is 0 Å². The maximum Gasteiger partial charge on any atom is 0.00795 e. The van der Waals surface area contributed by atoms with Crippen LogP contribution < -0.4 is 5.73 Å². The molecule has 2 nitrogen and oxygen atoms in total. The maximum absolute atomic E-state index is 6.40. The van der Waals surface area contributed by atoms with E-state index in [9.17, 15) is 0 Å². The second-order valence-corrected chi connectivity index (χ2v) is 7.89. The van der Waals surface area contributed by atoms with Crippen LogP contribution in [0, 0.1) is 17.3 Å². The highest BCUT2D eigenvalue weighted by Gasteiger charge is 2.35. The minimum Gasteiger partial charge on any atom is -0.327 e. The molecule has 3 unspecified atom stereocenters. The van der Waals surface area contributed by atoms with Crippen molar-refractivity contribution in [3.05, 3.63) is 0 Å². The maximum atomic E-state index is 6.40. The summed E-state index contributed by atoms with van der Waals surface area (Å²) in [5.41, 5.74) is 6.84. The first kappa shape index (κ1) is 17.0. The molecule has 0 heterocycles. The fourth-order valence-corrected chi connectivity index (χ4v) is 3.43. The van der Waals surface area contributed by atoms with Crippen molar-refractivity contribution in [2.75, 3.05) is 13.1 Å². The zero-order chi connectivity index (χ0) is 14.6. The normalized spacial score (nSPS) is 29.2. The number of rotatable bonds is 5. The Labute approximate surface area is 121 Å². The van der Waals surface area contributed by atoms with Gasteiger partial charge in [-0.3, -0.25) is 0 Å². The molecule has 0 saturated heterocycles. The van der Waals surface area contributed by atoms with Crippen molar-refractivity contribution in [3.63, 3.8) is 0 Å². The van der Waals surface area contributed by atoms with Crippen LogP contribution in [0.5, 0.6) is 0 Å². The lowest BCUT2D eigenvalue weighted by Crippen LogP contribution is -2.46. The van der Waals surface area contributed by atoms with Crippen LogP contribution in [0.15, 0.2) is 0 Å². The summed E-state index contributed by atoms with van der Waals surface area (Å²) in [5.74, 6) is 1.53. The Hall–Kier alpha value is -0.0800. The van der Waals surface area contributed by atoms with Crippen LogP contribution in [-0.4, -0.2) is 30.1 Å². The van der Waals surface area contributed by atoms with Crippen LogP contribution in [0.3, 0.4) is 0 Å². The van der Waals surface area contributed by atoms with E-state index >= 15 is 0 Å². The molecule has 1 fully saturated rings. The Bertz CT molecular complexity index is 254. The third-order valence-electron chi connectivity index (χ3n) is 4.98. The van der Waals surface area contributed by atoms with Crippen molar-refractivity contribution < 1.29 is 0 Å². The van der Waals surface area contributed by atoms with E-state index < -0.39 is 0 Å². The Balaban J connectivity index is 2.63. The largest absolute Gasteiger partial charge is 0.327 e. The molecule has 2 heteroatoms. The number of nitrogens with two attached hydrogens (primary N) is 1. The van der Waals surface area contributed by atoms with Crippen molar-refractivity contribution in [1.29, 1.82) is 0 Å². The van der Waals surface area contributed by atoms with Crippen molar-refractivity contribution >= 4 is 0 Å². The van der Waals surface area contributed by atoms with Gasteiger partial charge >= 0.3 is 0 Å². The minimum atomic E-state index is 0.414. The summed E-state index contributed by atoms with van der Waals surface area (Å²) in [6, 6.07) is 1.05. The fraction of sp³-hybridized carbons (Fsp3) is 1.00. The summed E-state index contributed by atoms with van der Waals surface area (Å²) in [7, 11) is 0. The molecule has 114 valence electrons. The smallest absolute Gasteiger partial charge is 0.00795 e. The van der Waals surface area contributed by atoms with Gasteiger partial charge in [-0.15, -0.1) is 0 Å². The Kier molecular flexibility index (Phi) is 6.32. The van der Waals surface area contributed by atoms with Gasteiger partial charge in [-0.1, -0.05) is 27.7 Å². The van der Waals surface area contributed by atoms with Gasteiger partial charge in [0.05, 0.1) is 0 Å². The molecule has 19 heavy (non-hydrogen) atoms. The average Bonchev–Trinajstić information content (AvgIpc) is 2.29. The van der Waals surface area contributed by atoms with Gasteiger partial charge in [0.15, 0.2) is 0 Å². The quantitative estimate of drug-likeness (QED) is 0.819. The van der Waals surface area contributed by atoms with Crippen LogP contribution in [0.1, 0.15) is 67.2 Å². The zero-order valence-electron chi connectivity index (χ0n) is 14.1. The van der Waals surface area contributed by atoms with Crippen molar-refractivity contribution in [2.24, 2.45) is 23.0 Å². The lowest BCUT2D eigenvalue weighted by Gasteiger charge is -2.43. The average molecular weight is 268 g/mol. The van der Waals surface area contributed by atoms with Gasteiger partial charge in [-0.25, -0.2) is 0 Å². The highest BCUT2D eigenvalue weighted by molar-refractivity contribution is 4.89. The van der Waals surface area contributed by atoms with E-state index in [0.717, 1.165) is 5.92 Å². The van der Waals surface area contributed by atoms with E-state index in [1.165, 1.54) is 38.8 Å². The molecule has 0 radical (unpaired) electrons. The van der Waals surface area contributed by atoms with E-state index in [2.05, 4.69) is 46.4 Å². The number of hydrogen-bond acceptors (Lipinski definition) is 2. The van der Waals surface area contributed by atoms with Crippen molar-refractivity contribution in [2.45, 2.75) is 79.3 Å². The van der Waals surface area contributed by atoms with Gasteiger partial charge < -0.3 is 10.6 Å². The van der Waals surface area contributed by atoms with Crippen LogP contribution >= 0.6 is 0 Å². The minimum absolute atomic E-state index is 0.414. The molecular formula is C17H36N2. The predicted molar refractivity (Wildman–Crippen MR) is 85.3 cm³/mol. The van der Waals surface area contributed by atoms with Gasteiger partial charge in [-0.2, -0.15) is 0 Å². The van der Waals surface area contributed by atoms with Crippen LogP contribution in [0.25, 0.3) is 0 Å². The first-order valence-electron chi connectivity index (χ1n) is 8.25. The molecule has 1 rings (SSSR count). The van der Waals surface area contributed by atoms with Crippen molar-refractivity contribution in [1.82, 2.24) is 4.90 Å². The summed E-state index contributed by atoms with van der Waals surface area (Å²) in [6.45, 7) is 16.5. The molecule has 0 bridgehead atoms. The number of hydrogen-bond donors (Lipinski definition) is 1. The second-order valence-electron chi connectivity index (χ2n) is 7.89. The van der Waals surface area contributed by atoms with Gasteiger partial charge in [0.25, 0.3) is 0 Å². The van der Waals surface area contributed by atoms with E-state index in [1.807, 2.05) is 0 Å². The third-order valence-corrected chi connectivity index (χ3v) is 4.98. The Morgan fingerprint density at radius 2 is 1.84 bits per heavy atom. The molecule has 1 aliphatic carbocycles. The van der Waals surface area contributed by atoms with Crippen molar-refractivity contribution in [3.8, 4) is 0 Å². The monoisotopic (exact) mass is 268 g/mol. The Morgan fingerprint density at radius 1 is 1.21 bits per heavy atom. The third kappa shape index (κ3) is 5.07. The highest BCUT2D eigenvalue weighted by atomic mass is 15.1. The molecular weight excluding hydrogens is 232 g/mol. The molecule has 0 aromatic carbocycles. The number of nitrogens with zero attached hydrogens (tertiary/aromatic N) is 1. The van der Waals surface area contributed by atoms with Crippen LogP contribution in [0.4, 0.5) is 0 Å². The van der Waals surface area contributed by atoms with E-state index in [4.69, 9.17) is 5.73 Å². The van der Waals surface area contributed by atoms with E-state index in [0.29, 0.717) is 23.4 Å². The Morgan fingerprint density at radius 3 is 2.32 bits per heavy atom. The summed E-state index contributed by atoms with van der Waals surface area (Å²) in [6.07, 6.45) is 5.09. The fourth-order valence-electron chi connectivity index (χ4n) is 3.43. The van der Waals surface area contributed by atoms with Gasteiger partial charge in [0.2, 0.25) is 0 Å². The zero-order valence-corrected chi connectivity index (χ0v) is 14.1. The molecule has 1 saturated carbocycles. The molecule has 0 aliphatic heterocycles. The molecule has 3 atom stereocenters. The topological polar surface area (TPSA) is 29.3 Å². The SMILES string of the molecule is CCCN(CC1CC(C(C)(C)C)CCC1N)C(C)C. The first-order chi connectivity index (χ1) is 8.75. The van der Waals surface area contributed by atoms with Gasteiger partial charge in [0, 0.05) is 18.6 Å². The summed E-state index contributed by atoms with van der Waals surface area (Å²) >= 11 is 0. The molecule has 2 N–H and O–H groups in total. The van der Waals surface area contributed by atoms with Crippen LogP contribution in [0.2, 0.25) is 0 Å². The molecule has 0 spiro atoms. The lowest BCUT2D eigenvalue weighted by molar-refractivity contribution is 0.0889. The second kappa shape index (κ2) is 7.08. The molecule has 0 aromatic heterocycles. The van der Waals surface area contributed by atoms with Gasteiger partial charge in [0.1, 0.15) is 0 Å². The summed E-state index contributed by atoms with van der Waals surface area (Å²) in [4.78, 5) is 2.62. The molecule has 1 aliphatic rings. The van der Waals surface area contributed by atoms with Crippen LogP contribution in [-0.2, 0) is 0 Å². The van der Waals surface area contributed by atoms with E-state index in [1.54, 1.807) is 0 Å². The predicted octanol–water partition coefficient (Wildman–Crippen LogP) is 3.90.